The molecule has 0 bridgehead atoms. The third-order valence-corrected chi connectivity index (χ3v) is 3.38. The minimum absolute atomic E-state index is 0.257. The fraction of sp³-hybridized carbons (Fsp3) is 0.538. The maximum atomic E-state index is 12.0. The van der Waals surface area contributed by atoms with Gasteiger partial charge in [0.05, 0.1) is 19.9 Å². The Labute approximate surface area is 109 Å². The lowest BCUT2D eigenvalue weighted by Gasteiger charge is -2.29. The van der Waals surface area contributed by atoms with E-state index in [0.717, 1.165) is 16.5 Å². The van der Waals surface area contributed by atoms with Crippen LogP contribution in [0.25, 0.3) is 0 Å². The Bertz CT molecular complexity index is 334. The molecule has 0 saturated carbocycles. The van der Waals surface area contributed by atoms with E-state index >= 15 is 0 Å². The molecule has 94 valence electrons. The third kappa shape index (κ3) is 3.76. The van der Waals surface area contributed by atoms with E-state index in [-0.39, 0.29) is 13.0 Å². The zero-order valence-corrected chi connectivity index (χ0v) is 11.2. The number of hydrogen-bond acceptors (Lipinski definition) is 2. The Kier molecular flexibility index (Phi) is 4.95. The van der Waals surface area contributed by atoms with E-state index in [1.54, 1.807) is 0 Å². The molecule has 0 N–H and O–H groups in total. The second-order valence-corrected chi connectivity index (χ2v) is 5.16. The Morgan fingerprint density at radius 2 is 1.82 bits per heavy atom. The smallest absolute Gasteiger partial charge is 0.183 e. The molecule has 2 rings (SSSR count). The predicted octanol–water partition coefficient (Wildman–Crippen LogP) is 3.86. The SMILES string of the molecule is FCCCC1COC(c2ccc(Br)cc2)OC1. The van der Waals surface area contributed by atoms with E-state index in [1.807, 2.05) is 24.3 Å². The molecule has 0 spiro atoms. The van der Waals surface area contributed by atoms with Crippen molar-refractivity contribution in [2.24, 2.45) is 5.92 Å². The van der Waals surface area contributed by atoms with Crippen molar-refractivity contribution in [3.05, 3.63) is 34.3 Å². The summed E-state index contributed by atoms with van der Waals surface area (Å²) in [5, 5.41) is 0. The molecule has 0 atom stereocenters. The summed E-state index contributed by atoms with van der Waals surface area (Å²) >= 11 is 3.39. The first kappa shape index (κ1) is 13.0. The zero-order valence-electron chi connectivity index (χ0n) is 9.57. The van der Waals surface area contributed by atoms with Crippen molar-refractivity contribution in [3.63, 3.8) is 0 Å². The molecule has 0 aliphatic carbocycles. The second kappa shape index (κ2) is 6.47. The van der Waals surface area contributed by atoms with Gasteiger partial charge in [0.1, 0.15) is 0 Å². The van der Waals surface area contributed by atoms with E-state index in [0.29, 0.717) is 25.6 Å². The van der Waals surface area contributed by atoms with Gasteiger partial charge in [-0.1, -0.05) is 28.1 Å². The van der Waals surface area contributed by atoms with Gasteiger partial charge in [0.15, 0.2) is 6.29 Å². The number of alkyl halides is 1. The molecule has 0 radical (unpaired) electrons. The van der Waals surface area contributed by atoms with Crippen LogP contribution in [0.1, 0.15) is 24.7 Å². The molecule has 4 heteroatoms. The fourth-order valence-corrected chi connectivity index (χ4v) is 2.15. The minimum Gasteiger partial charge on any atom is -0.348 e. The molecule has 2 nitrogen and oxygen atoms in total. The van der Waals surface area contributed by atoms with Crippen molar-refractivity contribution in [2.75, 3.05) is 19.9 Å². The molecule has 1 saturated heterocycles. The van der Waals surface area contributed by atoms with Crippen LogP contribution < -0.4 is 0 Å². The zero-order chi connectivity index (χ0) is 12.1. The lowest BCUT2D eigenvalue weighted by molar-refractivity contribution is -0.206. The van der Waals surface area contributed by atoms with Crippen molar-refractivity contribution >= 4 is 15.9 Å². The molecule has 1 fully saturated rings. The van der Waals surface area contributed by atoms with Crippen LogP contribution in [-0.2, 0) is 9.47 Å². The summed E-state index contributed by atoms with van der Waals surface area (Å²) in [5.74, 6) is 0.331. The number of halogens is 2. The summed E-state index contributed by atoms with van der Waals surface area (Å²) in [5.41, 5.74) is 1.03. The van der Waals surface area contributed by atoms with Gasteiger partial charge in [-0.05, 0) is 25.0 Å². The number of ether oxygens (including phenoxy) is 2. The van der Waals surface area contributed by atoms with Crippen molar-refractivity contribution in [3.8, 4) is 0 Å². The highest BCUT2D eigenvalue weighted by molar-refractivity contribution is 9.10. The van der Waals surface area contributed by atoms with Gasteiger partial charge in [-0.15, -0.1) is 0 Å². The molecular weight excluding hydrogens is 287 g/mol. The number of rotatable bonds is 4. The average molecular weight is 303 g/mol. The minimum atomic E-state index is -0.273. The fourth-order valence-electron chi connectivity index (χ4n) is 1.89. The predicted molar refractivity (Wildman–Crippen MR) is 67.5 cm³/mol. The highest BCUT2D eigenvalue weighted by Gasteiger charge is 2.23. The van der Waals surface area contributed by atoms with Gasteiger partial charge < -0.3 is 9.47 Å². The summed E-state index contributed by atoms with van der Waals surface area (Å²) in [6.45, 7) is 1.05. The average Bonchev–Trinajstić information content (AvgIpc) is 2.38. The lowest BCUT2D eigenvalue weighted by atomic mass is 10.0. The highest BCUT2D eigenvalue weighted by Crippen LogP contribution is 2.27. The maximum absolute atomic E-state index is 12.0. The van der Waals surface area contributed by atoms with Crippen molar-refractivity contribution in [1.29, 1.82) is 0 Å². The van der Waals surface area contributed by atoms with Crippen LogP contribution in [0.15, 0.2) is 28.7 Å². The van der Waals surface area contributed by atoms with Crippen LogP contribution in [0.2, 0.25) is 0 Å². The number of hydrogen-bond donors (Lipinski definition) is 0. The van der Waals surface area contributed by atoms with Crippen LogP contribution in [-0.4, -0.2) is 19.9 Å². The van der Waals surface area contributed by atoms with Gasteiger partial charge in [-0.2, -0.15) is 0 Å². The van der Waals surface area contributed by atoms with Crippen LogP contribution in [0.4, 0.5) is 4.39 Å². The highest BCUT2D eigenvalue weighted by atomic mass is 79.9. The molecule has 0 unspecified atom stereocenters. The molecule has 17 heavy (non-hydrogen) atoms. The first-order valence-corrected chi connectivity index (χ1v) is 6.63. The first-order chi connectivity index (χ1) is 8.29. The molecule has 1 aliphatic rings. The van der Waals surface area contributed by atoms with E-state index in [1.165, 1.54) is 0 Å². The van der Waals surface area contributed by atoms with Crippen molar-refractivity contribution < 1.29 is 13.9 Å². The maximum Gasteiger partial charge on any atom is 0.183 e. The monoisotopic (exact) mass is 302 g/mol. The summed E-state index contributed by atoms with van der Waals surface area (Å²) < 4.78 is 24.4. The van der Waals surface area contributed by atoms with Crippen molar-refractivity contribution in [1.82, 2.24) is 0 Å². The Morgan fingerprint density at radius 1 is 1.18 bits per heavy atom. The standard InChI is InChI=1S/C13H16BrFO2/c14-12-5-3-11(4-6-12)13-16-8-10(9-17-13)2-1-7-15/h3-6,10,13H,1-2,7-9H2. The topological polar surface area (TPSA) is 18.5 Å². The summed E-state index contributed by atoms with van der Waals surface area (Å²) in [4.78, 5) is 0. The molecule has 1 heterocycles. The van der Waals surface area contributed by atoms with Crippen LogP contribution >= 0.6 is 15.9 Å². The van der Waals surface area contributed by atoms with Gasteiger partial charge in [0.25, 0.3) is 0 Å². The summed E-state index contributed by atoms with van der Waals surface area (Å²) in [7, 11) is 0. The molecule has 0 amide bonds. The van der Waals surface area contributed by atoms with E-state index < -0.39 is 0 Å². The molecule has 1 aromatic carbocycles. The number of benzene rings is 1. The largest absolute Gasteiger partial charge is 0.348 e. The summed E-state index contributed by atoms with van der Waals surface area (Å²) in [6.07, 6.45) is 1.16. The third-order valence-electron chi connectivity index (χ3n) is 2.85. The summed E-state index contributed by atoms with van der Waals surface area (Å²) in [6, 6.07) is 7.90. The Hall–Kier alpha value is -0.450. The second-order valence-electron chi connectivity index (χ2n) is 4.25. The van der Waals surface area contributed by atoms with E-state index in [2.05, 4.69) is 15.9 Å². The van der Waals surface area contributed by atoms with Gasteiger partial charge in [0, 0.05) is 16.0 Å². The van der Waals surface area contributed by atoms with Gasteiger partial charge >= 0.3 is 0 Å². The van der Waals surface area contributed by atoms with Crippen LogP contribution in [0.3, 0.4) is 0 Å². The molecular formula is C13H16BrFO2. The normalized spacial score (nSPS) is 24.8. The quantitative estimate of drug-likeness (QED) is 0.841. The van der Waals surface area contributed by atoms with E-state index in [9.17, 15) is 4.39 Å². The Morgan fingerprint density at radius 3 is 2.41 bits per heavy atom. The molecule has 1 aromatic rings. The van der Waals surface area contributed by atoms with Crippen LogP contribution in [0, 0.1) is 5.92 Å². The molecule has 1 aliphatic heterocycles. The van der Waals surface area contributed by atoms with Gasteiger partial charge in [0.2, 0.25) is 0 Å². The lowest BCUT2D eigenvalue weighted by Crippen LogP contribution is -2.27. The first-order valence-electron chi connectivity index (χ1n) is 5.84. The van der Waals surface area contributed by atoms with Gasteiger partial charge in [-0.3, -0.25) is 4.39 Å². The van der Waals surface area contributed by atoms with Crippen LogP contribution in [0.5, 0.6) is 0 Å². The molecule has 0 aromatic heterocycles. The Balaban J connectivity index is 1.84. The van der Waals surface area contributed by atoms with Crippen molar-refractivity contribution in [2.45, 2.75) is 19.1 Å². The van der Waals surface area contributed by atoms with E-state index in [4.69, 9.17) is 9.47 Å². The van der Waals surface area contributed by atoms with Gasteiger partial charge in [-0.25, -0.2) is 0 Å².